The van der Waals surface area contributed by atoms with E-state index in [2.05, 4.69) is 4.74 Å². The molecule has 0 fully saturated rings. The third kappa shape index (κ3) is 5.34. The fourth-order valence-electron chi connectivity index (χ4n) is 4.28. The SMILES string of the molecule is COC(=O)c1ccc(OC(=O)N2C[C@H](C)N(C(C)=O)c3ccc(-c4ccc(S(C)(=O)=O)cc4)cc32)cc1. The molecule has 37 heavy (non-hydrogen) atoms. The van der Waals surface area contributed by atoms with Gasteiger partial charge in [0.05, 0.1) is 35.0 Å². The number of amides is 2. The molecule has 0 unspecified atom stereocenters. The van der Waals surface area contributed by atoms with Gasteiger partial charge in [-0.05, 0) is 66.6 Å². The van der Waals surface area contributed by atoms with Crippen LogP contribution in [-0.2, 0) is 19.4 Å². The minimum Gasteiger partial charge on any atom is -0.465 e. The van der Waals surface area contributed by atoms with E-state index in [1.807, 2.05) is 13.0 Å². The Morgan fingerprint density at radius 1 is 0.892 bits per heavy atom. The fraction of sp³-hybridized carbons (Fsp3) is 0.222. The summed E-state index contributed by atoms with van der Waals surface area (Å²) in [5.41, 5.74) is 2.84. The summed E-state index contributed by atoms with van der Waals surface area (Å²) in [5.74, 6) is -0.420. The highest BCUT2D eigenvalue weighted by Crippen LogP contribution is 2.39. The van der Waals surface area contributed by atoms with Gasteiger partial charge < -0.3 is 14.4 Å². The van der Waals surface area contributed by atoms with Gasteiger partial charge >= 0.3 is 12.1 Å². The maximum atomic E-state index is 13.3. The smallest absolute Gasteiger partial charge is 0.419 e. The number of ether oxygens (including phenoxy) is 2. The van der Waals surface area contributed by atoms with E-state index in [0.717, 1.165) is 17.4 Å². The van der Waals surface area contributed by atoms with E-state index >= 15 is 0 Å². The molecule has 10 heteroatoms. The third-order valence-corrected chi connectivity index (χ3v) is 7.20. The van der Waals surface area contributed by atoms with Crippen molar-refractivity contribution in [3.05, 3.63) is 72.3 Å². The molecule has 0 radical (unpaired) electrons. The number of esters is 1. The van der Waals surface area contributed by atoms with Crippen molar-refractivity contribution in [3.8, 4) is 16.9 Å². The van der Waals surface area contributed by atoms with Crippen LogP contribution in [0, 0.1) is 0 Å². The highest BCUT2D eigenvalue weighted by molar-refractivity contribution is 7.90. The largest absolute Gasteiger partial charge is 0.465 e. The number of hydrogen-bond donors (Lipinski definition) is 0. The van der Waals surface area contributed by atoms with Gasteiger partial charge in [0.2, 0.25) is 5.91 Å². The molecule has 0 aromatic heterocycles. The summed E-state index contributed by atoms with van der Waals surface area (Å²) in [7, 11) is -2.06. The van der Waals surface area contributed by atoms with E-state index < -0.39 is 21.9 Å². The van der Waals surface area contributed by atoms with Crippen molar-refractivity contribution in [3.63, 3.8) is 0 Å². The average Bonchev–Trinajstić information content (AvgIpc) is 2.87. The number of carbonyl (C=O) groups excluding carboxylic acids is 3. The summed E-state index contributed by atoms with van der Waals surface area (Å²) >= 11 is 0. The van der Waals surface area contributed by atoms with Gasteiger partial charge in [-0.2, -0.15) is 0 Å². The third-order valence-electron chi connectivity index (χ3n) is 6.07. The molecule has 3 aromatic rings. The molecule has 0 N–H and O–H groups in total. The first kappa shape index (κ1) is 25.9. The molecule has 1 aliphatic heterocycles. The number of benzene rings is 3. The summed E-state index contributed by atoms with van der Waals surface area (Å²) in [6.45, 7) is 3.50. The quantitative estimate of drug-likeness (QED) is 0.470. The lowest BCUT2D eigenvalue weighted by Gasteiger charge is -2.40. The number of carbonyl (C=O) groups is 3. The molecule has 2 amide bonds. The molecule has 9 nitrogen and oxygen atoms in total. The molecule has 0 spiro atoms. The van der Waals surface area contributed by atoms with Gasteiger partial charge in [0.15, 0.2) is 9.84 Å². The minimum atomic E-state index is -3.34. The molecule has 0 saturated carbocycles. The van der Waals surface area contributed by atoms with Crippen LogP contribution in [-0.4, -0.2) is 52.3 Å². The lowest BCUT2D eigenvalue weighted by Crippen LogP contribution is -2.52. The summed E-state index contributed by atoms with van der Waals surface area (Å²) in [4.78, 5) is 40.7. The summed E-state index contributed by atoms with van der Waals surface area (Å²) in [6.07, 6.45) is 0.497. The van der Waals surface area contributed by atoms with Crippen LogP contribution in [0.4, 0.5) is 16.2 Å². The Balaban J connectivity index is 1.69. The first-order valence-corrected chi connectivity index (χ1v) is 13.3. The van der Waals surface area contributed by atoms with Crippen LogP contribution < -0.4 is 14.5 Å². The zero-order valence-electron chi connectivity index (χ0n) is 20.8. The normalized spacial score (nSPS) is 15.1. The van der Waals surface area contributed by atoms with Gasteiger partial charge in [0.25, 0.3) is 0 Å². The maximum Gasteiger partial charge on any atom is 0.419 e. The van der Waals surface area contributed by atoms with E-state index in [0.29, 0.717) is 16.9 Å². The molecule has 0 saturated heterocycles. The van der Waals surface area contributed by atoms with Crippen molar-refractivity contribution >= 4 is 39.2 Å². The Morgan fingerprint density at radius 3 is 2.08 bits per heavy atom. The van der Waals surface area contributed by atoms with Crippen molar-refractivity contribution in [1.82, 2.24) is 0 Å². The molecule has 3 aromatic carbocycles. The van der Waals surface area contributed by atoms with Crippen molar-refractivity contribution in [2.75, 3.05) is 29.7 Å². The molecule has 4 rings (SSSR count). The maximum absolute atomic E-state index is 13.3. The number of hydrogen-bond acceptors (Lipinski definition) is 7. The van der Waals surface area contributed by atoms with Gasteiger partial charge in [0, 0.05) is 19.7 Å². The molecule has 192 valence electrons. The van der Waals surface area contributed by atoms with Crippen LogP contribution in [0.3, 0.4) is 0 Å². The van der Waals surface area contributed by atoms with E-state index in [1.54, 1.807) is 29.2 Å². The van der Waals surface area contributed by atoms with E-state index in [1.165, 1.54) is 55.3 Å². The number of anilines is 2. The summed E-state index contributed by atoms with van der Waals surface area (Å²) in [5, 5.41) is 0. The first-order chi connectivity index (χ1) is 17.5. The predicted octanol–water partition coefficient (Wildman–Crippen LogP) is 4.30. The molecule has 1 atom stereocenters. The van der Waals surface area contributed by atoms with Gasteiger partial charge in [-0.3, -0.25) is 9.69 Å². The molecule has 1 aliphatic rings. The average molecular weight is 523 g/mol. The van der Waals surface area contributed by atoms with Crippen molar-refractivity contribution in [2.45, 2.75) is 24.8 Å². The van der Waals surface area contributed by atoms with Crippen molar-refractivity contribution in [1.29, 1.82) is 0 Å². The zero-order valence-corrected chi connectivity index (χ0v) is 21.6. The van der Waals surface area contributed by atoms with Crippen LogP contribution in [0.2, 0.25) is 0 Å². The molecular weight excluding hydrogens is 496 g/mol. The van der Waals surface area contributed by atoms with Gasteiger partial charge in [-0.25, -0.2) is 18.0 Å². The molecule has 0 bridgehead atoms. The lowest BCUT2D eigenvalue weighted by molar-refractivity contribution is -0.117. The van der Waals surface area contributed by atoms with Crippen LogP contribution in [0.15, 0.2) is 71.6 Å². The number of nitrogens with zero attached hydrogens (tertiary/aromatic N) is 2. The minimum absolute atomic E-state index is 0.162. The number of sulfone groups is 1. The van der Waals surface area contributed by atoms with Crippen molar-refractivity contribution in [2.24, 2.45) is 0 Å². The predicted molar refractivity (Wildman–Crippen MR) is 139 cm³/mol. The highest BCUT2D eigenvalue weighted by Gasteiger charge is 2.35. The topological polar surface area (TPSA) is 110 Å². The number of fused-ring (bicyclic) bond motifs is 1. The second-order valence-corrected chi connectivity index (χ2v) is 10.7. The fourth-order valence-corrected chi connectivity index (χ4v) is 4.92. The van der Waals surface area contributed by atoms with Gasteiger partial charge in [-0.15, -0.1) is 0 Å². The lowest BCUT2D eigenvalue weighted by atomic mass is 10.0. The van der Waals surface area contributed by atoms with Crippen molar-refractivity contribution < 1.29 is 32.3 Å². The number of methoxy groups -OCH3 is 1. The van der Waals surface area contributed by atoms with Gasteiger partial charge in [0.1, 0.15) is 5.75 Å². The van der Waals surface area contributed by atoms with Crippen LogP contribution in [0.5, 0.6) is 5.75 Å². The highest BCUT2D eigenvalue weighted by atomic mass is 32.2. The summed E-state index contributed by atoms with van der Waals surface area (Å²) in [6, 6.07) is 17.5. The van der Waals surface area contributed by atoms with E-state index in [4.69, 9.17) is 4.74 Å². The second kappa shape index (κ2) is 10.1. The standard InChI is InChI=1S/C27H26N2O7S/c1-17-16-28(27(32)36-22-10-5-20(6-11-22)26(31)35-3)25-15-21(9-14-24(25)29(17)18(2)30)19-7-12-23(13-8-19)37(4,33)34/h5-15,17H,16H2,1-4H3/t17-/m0/s1. The molecule has 1 heterocycles. The van der Waals surface area contributed by atoms with E-state index in [-0.39, 0.29) is 29.1 Å². The van der Waals surface area contributed by atoms with Crippen LogP contribution in [0.1, 0.15) is 24.2 Å². The molecule has 0 aliphatic carbocycles. The monoisotopic (exact) mass is 522 g/mol. The number of rotatable bonds is 4. The Morgan fingerprint density at radius 2 is 1.51 bits per heavy atom. The first-order valence-electron chi connectivity index (χ1n) is 11.4. The Labute approximate surface area is 215 Å². The van der Waals surface area contributed by atoms with E-state index in [9.17, 15) is 22.8 Å². The molecular formula is C27H26N2O7S. The Kier molecular flexibility index (Phi) is 7.04. The Hall–Kier alpha value is -4.18. The second-order valence-electron chi connectivity index (χ2n) is 8.73. The zero-order chi connectivity index (χ0) is 26.9. The van der Waals surface area contributed by atoms with Crippen LogP contribution >= 0.6 is 0 Å². The van der Waals surface area contributed by atoms with Crippen LogP contribution in [0.25, 0.3) is 11.1 Å². The Bertz CT molecular complexity index is 1470. The van der Waals surface area contributed by atoms with Gasteiger partial charge in [-0.1, -0.05) is 18.2 Å². The summed E-state index contributed by atoms with van der Waals surface area (Å²) < 4.78 is 33.9.